The standard InChI is InChI=1S/C17H24N2O3/c1-22-16-9-7-14(8-10-16)13-19-12-4-6-15(17(19)20)5-2-3-11-18-21/h6-10,18,21H,2-5,11-13H2,1H3. The van der Waals surface area contributed by atoms with Crippen LogP contribution in [0.5, 0.6) is 5.75 Å². The number of amides is 1. The molecule has 0 spiro atoms. The Morgan fingerprint density at radius 1 is 1.27 bits per heavy atom. The number of unbranched alkanes of at least 4 members (excludes halogenated alkanes) is 1. The summed E-state index contributed by atoms with van der Waals surface area (Å²) in [5, 5.41) is 8.55. The quantitative estimate of drug-likeness (QED) is 0.572. The Morgan fingerprint density at radius 2 is 2.05 bits per heavy atom. The van der Waals surface area contributed by atoms with Gasteiger partial charge in [-0.2, -0.15) is 0 Å². The van der Waals surface area contributed by atoms with Gasteiger partial charge in [0.15, 0.2) is 0 Å². The smallest absolute Gasteiger partial charge is 0.249 e. The van der Waals surface area contributed by atoms with Crippen molar-refractivity contribution in [1.29, 1.82) is 0 Å². The monoisotopic (exact) mass is 304 g/mol. The number of hydroxylamine groups is 1. The highest BCUT2D eigenvalue weighted by Gasteiger charge is 2.21. The number of ether oxygens (including phenoxy) is 1. The molecule has 120 valence electrons. The van der Waals surface area contributed by atoms with Crippen LogP contribution in [0.25, 0.3) is 0 Å². The Morgan fingerprint density at radius 3 is 2.73 bits per heavy atom. The maximum atomic E-state index is 12.5. The number of methoxy groups -OCH3 is 1. The first-order chi connectivity index (χ1) is 10.7. The molecule has 0 bridgehead atoms. The molecule has 1 aliphatic heterocycles. The van der Waals surface area contributed by atoms with Gasteiger partial charge in [0.2, 0.25) is 5.91 Å². The van der Waals surface area contributed by atoms with Gasteiger partial charge in [0.05, 0.1) is 7.11 Å². The maximum absolute atomic E-state index is 12.5. The molecule has 0 saturated heterocycles. The second kappa shape index (κ2) is 8.56. The van der Waals surface area contributed by atoms with Gasteiger partial charge in [0.1, 0.15) is 5.75 Å². The van der Waals surface area contributed by atoms with Crippen molar-refractivity contribution in [2.24, 2.45) is 0 Å². The summed E-state index contributed by atoms with van der Waals surface area (Å²) >= 11 is 0. The first-order valence-electron chi connectivity index (χ1n) is 7.73. The third kappa shape index (κ3) is 4.58. The van der Waals surface area contributed by atoms with Gasteiger partial charge < -0.3 is 14.8 Å². The Hall–Kier alpha value is -1.85. The van der Waals surface area contributed by atoms with Gasteiger partial charge in [-0.25, -0.2) is 5.48 Å². The van der Waals surface area contributed by atoms with E-state index in [4.69, 9.17) is 9.94 Å². The van der Waals surface area contributed by atoms with Gasteiger partial charge in [0.25, 0.3) is 0 Å². The van der Waals surface area contributed by atoms with Crippen LogP contribution in [0.4, 0.5) is 0 Å². The zero-order valence-electron chi connectivity index (χ0n) is 13.0. The largest absolute Gasteiger partial charge is 0.497 e. The number of benzene rings is 1. The number of nitrogens with one attached hydrogen (secondary N) is 1. The minimum absolute atomic E-state index is 0.138. The van der Waals surface area contributed by atoms with Crippen LogP contribution in [0, 0.1) is 0 Å². The van der Waals surface area contributed by atoms with Gasteiger partial charge in [-0.3, -0.25) is 4.79 Å². The van der Waals surface area contributed by atoms with E-state index in [-0.39, 0.29) is 5.91 Å². The van der Waals surface area contributed by atoms with Gasteiger partial charge in [0, 0.05) is 25.2 Å². The minimum atomic E-state index is 0.138. The second-order valence-corrected chi connectivity index (χ2v) is 5.46. The molecule has 0 unspecified atom stereocenters. The van der Waals surface area contributed by atoms with Crippen molar-refractivity contribution < 1.29 is 14.7 Å². The van der Waals surface area contributed by atoms with Crippen LogP contribution < -0.4 is 10.2 Å². The molecule has 0 aliphatic carbocycles. The van der Waals surface area contributed by atoms with E-state index in [0.717, 1.165) is 49.1 Å². The van der Waals surface area contributed by atoms with E-state index in [1.807, 2.05) is 29.2 Å². The molecule has 1 aromatic carbocycles. The SMILES string of the molecule is COc1ccc(CN2CCC=C(CCCCNO)C2=O)cc1. The van der Waals surface area contributed by atoms with Crippen LogP contribution in [0.2, 0.25) is 0 Å². The number of carbonyl (C=O) groups is 1. The summed E-state index contributed by atoms with van der Waals surface area (Å²) in [5.41, 5.74) is 4.15. The van der Waals surface area contributed by atoms with E-state index in [2.05, 4.69) is 11.6 Å². The van der Waals surface area contributed by atoms with Crippen LogP contribution in [0.3, 0.4) is 0 Å². The molecule has 0 atom stereocenters. The number of rotatable bonds is 8. The highest BCUT2D eigenvalue weighted by Crippen LogP contribution is 2.20. The second-order valence-electron chi connectivity index (χ2n) is 5.46. The normalized spacial score (nSPS) is 14.9. The van der Waals surface area contributed by atoms with Crippen LogP contribution in [-0.4, -0.2) is 36.2 Å². The van der Waals surface area contributed by atoms with Crippen molar-refractivity contribution in [3.8, 4) is 5.75 Å². The van der Waals surface area contributed by atoms with Crippen molar-refractivity contribution in [1.82, 2.24) is 10.4 Å². The molecule has 22 heavy (non-hydrogen) atoms. The molecule has 1 aromatic rings. The van der Waals surface area contributed by atoms with Gasteiger partial charge in [-0.15, -0.1) is 0 Å². The molecule has 0 aromatic heterocycles. The van der Waals surface area contributed by atoms with E-state index < -0.39 is 0 Å². The van der Waals surface area contributed by atoms with Gasteiger partial charge in [-0.05, 0) is 43.4 Å². The molecular formula is C17H24N2O3. The van der Waals surface area contributed by atoms with Gasteiger partial charge >= 0.3 is 0 Å². The molecule has 1 aliphatic rings. The summed E-state index contributed by atoms with van der Waals surface area (Å²) in [6, 6.07) is 7.83. The molecule has 5 nitrogen and oxygen atoms in total. The summed E-state index contributed by atoms with van der Waals surface area (Å²) in [6.07, 6.45) is 5.51. The number of hydrogen-bond acceptors (Lipinski definition) is 4. The molecule has 2 rings (SSSR count). The molecule has 5 heteroatoms. The highest BCUT2D eigenvalue weighted by molar-refractivity contribution is 5.94. The molecule has 2 N–H and O–H groups in total. The molecule has 0 fully saturated rings. The zero-order valence-corrected chi connectivity index (χ0v) is 13.0. The van der Waals surface area contributed by atoms with Crippen LogP contribution in [-0.2, 0) is 11.3 Å². The summed E-state index contributed by atoms with van der Waals surface area (Å²) in [6.45, 7) is 1.97. The van der Waals surface area contributed by atoms with Crippen molar-refractivity contribution in [3.63, 3.8) is 0 Å². The van der Waals surface area contributed by atoms with E-state index in [1.165, 1.54) is 0 Å². The summed E-state index contributed by atoms with van der Waals surface area (Å²) in [7, 11) is 1.65. The summed E-state index contributed by atoms with van der Waals surface area (Å²) in [4.78, 5) is 14.4. The Bertz CT molecular complexity index is 511. The Labute approximate surface area is 131 Å². The predicted molar refractivity (Wildman–Crippen MR) is 84.8 cm³/mol. The first kappa shape index (κ1) is 16.5. The predicted octanol–water partition coefficient (Wildman–Crippen LogP) is 2.50. The first-order valence-corrected chi connectivity index (χ1v) is 7.73. The van der Waals surface area contributed by atoms with Crippen LogP contribution in [0.1, 0.15) is 31.2 Å². The van der Waals surface area contributed by atoms with E-state index >= 15 is 0 Å². The Balaban J connectivity index is 1.89. The topological polar surface area (TPSA) is 61.8 Å². The number of hydrogen-bond donors (Lipinski definition) is 2. The fourth-order valence-electron chi connectivity index (χ4n) is 2.62. The van der Waals surface area contributed by atoms with Crippen molar-refractivity contribution in [2.75, 3.05) is 20.2 Å². The summed E-state index contributed by atoms with van der Waals surface area (Å²) < 4.78 is 5.15. The molecule has 1 amide bonds. The van der Waals surface area contributed by atoms with Gasteiger partial charge in [-0.1, -0.05) is 18.2 Å². The van der Waals surface area contributed by atoms with E-state index in [0.29, 0.717) is 13.1 Å². The lowest BCUT2D eigenvalue weighted by Gasteiger charge is -2.27. The molecular weight excluding hydrogens is 280 g/mol. The lowest BCUT2D eigenvalue weighted by atomic mass is 10.0. The zero-order chi connectivity index (χ0) is 15.8. The maximum Gasteiger partial charge on any atom is 0.249 e. The lowest BCUT2D eigenvalue weighted by Crippen LogP contribution is -2.35. The highest BCUT2D eigenvalue weighted by atomic mass is 16.5. The summed E-state index contributed by atoms with van der Waals surface area (Å²) in [5.74, 6) is 0.964. The van der Waals surface area contributed by atoms with Crippen LogP contribution in [0.15, 0.2) is 35.9 Å². The number of carbonyl (C=O) groups excluding carboxylic acids is 1. The fraction of sp³-hybridized carbons (Fsp3) is 0.471. The average Bonchev–Trinajstić information content (AvgIpc) is 2.55. The lowest BCUT2D eigenvalue weighted by molar-refractivity contribution is -0.128. The molecule has 1 heterocycles. The average molecular weight is 304 g/mol. The van der Waals surface area contributed by atoms with Crippen LogP contribution >= 0.6 is 0 Å². The van der Waals surface area contributed by atoms with E-state index in [1.54, 1.807) is 7.11 Å². The molecule has 0 saturated carbocycles. The van der Waals surface area contributed by atoms with E-state index in [9.17, 15) is 4.79 Å². The Kier molecular flexibility index (Phi) is 6.43. The third-order valence-electron chi connectivity index (χ3n) is 3.87. The van der Waals surface area contributed by atoms with Crippen molar-refractivity contribution >= 4 is 5.91 Å². The third-order valence-corrected chi connectivity index (χ3v) is 3.87. The van der Waals surface area contributed by atoms with Crippen molar-refractivity contribution in [2.45, 2.75) is 32.2 Å². The molecule has 0 radical (unpaired) electrons. The van der Waals surface area contributed by atoms with Crippen molar-refractivity contribution in [3.05, 3.63) is 41.5 Å². The number of nitrogens with zero attached hydrogens (tertiary/aromatic N) is 1. The fourth-order valence-corrected chi connectivity index (χ4v) is 2.62. The minimum Gasteiger partial charge on any atom is -0.497 e.